The molecule has 0 atom stereocenters. The fraction of sp³-hybridized carbons (Fsp3) is 0.214. The molecule has 8 nitrogen and oxygen atoms in total. The minimum absolute atomic E-state index is 0.305. The molecular formula is C14H13NO7S2. The second-order valence-electron chi connectivity index (χ2n) is 4.66. The summed E-state index contributed by atoms with van der Waals surface area (Å²) in [6, 6.07) is 2.08. The van der Waals surface area contributed by atoms with Crippen LogP contribution in [0.1, 0.15) is 13.8 Å². The lowest BCUT2D eigenvalue weighted by Crippen LogP contribution is -2.25. The minimum atomic E-state index is -1.35. The van der Waals surface area contributed by atoms with Crippen LogP contribution < -0.4 is 0 Å². The van der Waals surface area contributed by atoms with Gasteiger partial charge in [-0.1, -0.05) is 23.5 Å². The molecule has 2 rings (SSSR count). The Balaban J connectivity index is 2.24. The van der Waals surface area contributed by atoms with Crippen LogP contribution in [0.3, 0.4) is 0 Å². The third-order valence-electron chi connectivity index (χ3n) is 2.56. The maximum absolute atomic E-state index is 12.2. The van der Waals surface area contributed by atoms with E-state index in [1.165, 1.54) is 0 Å². The molecule has 0 fully saturated rings. The van der Waals surface area contributed by atoms with E-state index in [0.717, 1.165) is 35.7 Å². The van der Waals surface area contributed by atoms with Crippen molar-refractivity contribution >= 4 is 41.6 Å². The van der Waals surface area contributed by atoms with Crippen molar-refractivity contribution in [2.45, 2.75) is 20.0 Å². The van der Waals surface area contributed by atoms with Gasteiger partial charge in [0.05, 0.1) is 10.3 Å². The second kappa shape index (κ2) is 7.49. The zero-order valence-corrected chi connectivity index (χ0v) is 14.2. The van der Waals surface area contributed by atoms with Gasteiger partial charge in [0, 0.05) is 12.1 Å². The first-order chi connectivity index (χ1) is 11.3. The molecule has 0 saturated carbocycles. The van der Waals surface area contributed by atoms with Crippen LogP contribution in [-0.2, 0) is 19.1 Å². The third kappa shape index (κ3) is 3.95. The maximum atomic E-state index is 12.2. The SMILES string of the molecule is CC(C)OC(=O)C(C(=O)OC(=O)n1c(O)ccc1O)=C1SC=CS1. The molecule has 0 unspecified atom stereocenters. The predicted molar refractivity (Wildman–Crippen MR) is 87.2 cm³/mol. The zero-order chi connectivity index (χ0) is 17.9. The van der Waals surface area contributed by atoms with Crippen molar-refractivity contribution in [2.24, 2.45) is 0 Å². The maximum Gasteiger partial charge on any atom is 0.431 e. The number of ether oxygens (including phenoxy) is 2. The highest BCUT2D eigenvalue weighted by Crippen LogP contribution is 2.40. The number of rotatable bonds is 3. The number of thioether (sulfide) groups is 2. The summed E-state index contributed by atoms with van der Waals surface area (Å²) in [5.74, 6) is -3.40. The normalized spacial score (nSPS) is 13.2. The van der Waals surface area contributed by atoms with E-state index in [4.69, 9.17) is 4.74 Å². The Labute approximate surface area is 145 Å². The highest BCUT2D eigenvalue weighted by Gasteiger charge is 2.31. The van der Waals surface area contributed by atoms with Gasteiger partial charge in [-0.25, -0.2) is 14.4 Å². The first kappa shape index (κ1) is 18.0. The Kier molecular flexibility index (Phi) is 5.62. The molecule has 2 N–H and O–H groups in total. The summed E-state index contributed by atoms with van der Waals surface area (Å²) in [5.41, 5.74) is -0.428. The first-order valence-corrected chi connectivity index (χ1v) is 8.37. The molecule has 0 aliphatic carbocycles. The molecule has 10 heteroatoms. The van der Waals surface area contributed by atoms with Crippen molar-refractivity contribution in [1.82, 2.24) is 4.57 Å². The number of hydrogen-bond donors (Lipinski definition) is 2. The molecule has 1 aliphatic heterocycles. The van der Waals surface area contributed by atoms with Gasteiger partial charge in [0.1, 0.15) is 0 Å². The molecule has 0 bridgehead atoms. The summed E-state index contributed by atoms with van der Waals surface area (Å²) in [5, 5.41) is 22.2. The number of aromatic nitrogens is 1. The van der Waals surface area contributed by atoms with Gasteiger partial charge in [0.15, 0.2) is 5.57 Å². The van der Waals surface area contributed by atoms with Gasteiger partial charge in [0.25, 0.3) is 0 Å². The van der Waals surface area contributed by atoms with Crippen LogP contribution in [0.2, 0.25) is 0 Å². The molecule has 0 radical (unpaired) electrons. The standard InChI is InChI=1S/C14H13NO7S2/c1-7(2)21-11(18)10(13-23-5-6-24-13)12(19)22-14(20)15-8(16)3-4-9(15)17/h3-7,16-17H,1-2H3. The van der Waals surface area contributed by atoms with Gasteiger partial charge in [-0.2, -0.15) is 4.57 Å². The van der Waals surface area contributed by atoms with E-state index in [0.29, 0.717) is 8.80 Å². The Morgan fingerprint density at radius 1 is 1.04 bits per heavy atom. The largest absolute Gasteiger partial charge is 0.494 e. The lowest BCUT2D eigenvalue weighted by Gasteiger charge is -2.12. The van der Waals surface area contributed by atoms with Crippen LogP contribution in [0.5, 0.6) is 11.8 Å². The van der Waals surface area contributed by atoms with Crippen LogP contribution in [0.25, 0.3) is 0 Å². The molecule has 1 aliphatic rings. The lowest BCUT2D eigenvalue weighted by molar-refractivity contribution is -0.146. The van der Waals surface area contributed by atoms with E-state index in [1.54, 1.807) is 24.7 Å². The molecule has 2 heterocycles. The van der Waals surface area contributed by atoms with E-state index in [-0.39, 0.29) is 0 Å². The quantitative estimate of drug-likeness (QED) is 0.358. The molecule has 0 spiro atoms. The van der Waals surface area contributed by atoms with E-state index in [9.17, 15) is 24.6 Å². The molecule has 1 aromatic heterocycles. The van der Waals surface area contributed by atoms with Crippen LogP contribution in [0.4, 0.5) is 4.79 Å². The van der Waals surface area contributed by atoms with Crippen LogP contribution in [-0.4, -0.2) is 38.9 Å². The molecule has 128 valence electrons. The average molecular weight is 371 g/mol. The Morgan fingerprint density at radius 3 is 2.08 bits per heavy atom. The van der Waals surface area contributed by atoms with Crippen LogP contribution in [0.15, 0.2) is 32.8 Å². The number of carbonyl (C=O) groups is 3. The average Bonchev–Trinajstić information content (AvgIpc) is 3.08. The van der Waals surface area contributed by atoms with Gasteiger partial charge in [-0.15, -0.1) is 0 Å². The van der Waals surface area contributed by atoms with Crippen molar-refractivity contribution in [3.63, 3.8) is 0 Å². The molecule has 1 aromatic rings. The summed E-state index contributed by atoms with van der Waals surface area (Å²) in [6.07, 6.45) is -1.82. The Morgan fingerprint density at radius 2 is 1.58 bits per heavy atom. The van der Waals surface area contributed by atoms with Crippen molar-refractivity contribution in [1.29, 1.82) is 0 Å². The minimum Gasteiger partial charge on any atom is -0.494 e. The monoisotopic (exact) mass is 371 g/mol. The van der Waals surface area contributed by atoms with Gasteiger partial charge >= 0.3 is 18.0 Å². The summed E-state index contributed by atoms with van der Waals surface area (Å²) in [6.45, 7) is 3.22. The van der Waals surface area contributed by atoms with E-state index < -0.39 is 41.5 Å². The smallest absolute Gasteiger partial charge is 0.431 e. The van der Waals surface area contributed by atoms with E-state index in [1.807, 2.05) is 0 Å². The molecule has 0 amide bonds. The summed E-state index contributed by atoms with van der Waals surface area (Å²) in [7, 11) is 0. The number of hydrogen-bond acceptors (Lipinski definition) is 9. The Hall–Kier alpha value is -2.33. The van der Waals surface area contributed by atoms with Gasteiger partial charge in [-0.05, 0) is 24.7 Å². The van der Waals surface area contributed by atoms with Crippen molar-refractivity contribution in [3.05, 3.63) is 32.8 Å². The fourth-order valence-corrected chi connectivity index (χ4v) is 3.44. The predicted octanol–water partition coefficient (Wildman–Crippen LogP) is 2.53. The van der Waals surface area contributed by atoms with Crippen molar-refractivity contribution < 1.29 is 34.1 Å². The number of aromatic hydroxyl groups is 2. The highest BCUT2D eigenvalue weighted by molar-refractivity contribution is 8.27. The molecule has 0 saturated heterocycles. The number of nitrogens with zero attached hydrogens (tertiary/aromatic N) is 1. The van der Waals surface area contributed by atoms with E-state index in [2.05, 4.69) is 4.74 Å². The number of carbonyl (C=O) groups excluding carboxylic acids is 3. The molecule has 24 heavy (non-hydrogen) atoms. The summed E-state index contributed by atoms with van der Waals surface area (Å²) >= 11 is 2.22. The van der Waals surface area contributed by atoms with Gasteiger partial charge in [-0.3, -0.25) is 0 Å². The van der Waals surface area contributed by atoms with Gasteiger partial charge < -0.3 is 19.7 Å². The van der Waals surface area contributed by atoms with Crippen molar-refractivity contribution in [2.75, 3.05) is 0 Å². The molecule has 0 aromatic carbocycles. The highest BCUT2D eigenvalue weighted by atomic mass is 32.2. The number of esters is 2. The Bertz CT molecular complexity index is 719. The summed E-state index contributed by atoms with van der Waals surface area (Å²) < 4.78 is 10.3. The van der Waals surface area contributed by atoms with Crippen LogP contribution >= 0.6 is 23.5 Å². The third-order valence-corrected chi connectivity index (χ3v) is 4.69. The first-order valence-electron chi connectivity index (χ1n) is 6.61. The fourth-order valence-electron chi connectivity index (χ4n) is 1.63. The summed E-state index contributed by atoms with van der Waals surface area (Å²) in [4.78, 5) is 36.3. The molecular weight excluding hydrogens is 358 g/mol. The van der Waals surface area contributed by atoms with Gasteiger partial charge in [0.2, 0.25) is 11.8 Å². The topological polar surface area (TPSA) is 115 Å². The lowest BCUT2D eigenvalue weighted by atomic mass is 10.3. The van der Waals surface area contributed by atoms with Crippen LogP contribution in [0, 0.1) is 0 Å². The second-order valence-corrected chi connectivity index (χ2v) is 6.76. The zero-order valence-electron chi connectivity index (χ0n) is 12.6. The van der Waals surface area contributed by atoms with E-state index >= 15 is 0 Å². The van der Waals surface area contributed by atoms with Crippen molar-refractivity contribution in [3.8, 4) is 11.8 Å².